The maximum atomic E-state index is 13.6. The van der Waals surface area contributed by atoms with E-state index in [0.717, 1.165) is 24.2 Å². The number of amides is 3. The van der Waals surface area contributed by atoms with Crippen LogP contribution in [-0.2, 0) is 14.3 Å². The number of para-hydroxylation sites is 1. The molecule has 188 valence electrons. The standard InChI is InChI=1S/C26H39N3O5/c1-8-10-13-16-27-23(31)22(19-14-11-12-15-21(19)30)29(9-2)24(32)20(17-18(3)4)28-25(33)34-26(5,6)7/h2,11-12,14-15,18,20,22,30H,8,10,13,16-17H2,1,3-7H3,(H,27,31)(H,28,33). The van der Waals surface area contributed by atoms with Gasteiger partial charge in [0.2, 0.25) is 5.91 Å². The van der Waals surface area contributed by atoms with Crippen molar-refractivity contribution in [1.82, 2.24) is 15.5 Å². The molecule has 8 nitrogen and oxygen atoms in total. The first kappa shape index (κ1) is 28.8. The van der Waals surface area contributed by atoms with Crippen molar-refractivity contribution >= 4 is 17.9 Å². The number of nitrogens with one attached hydrogen (secondary N) is 2. The lowest BCUT2D eigenvalue weighted by Gasteiger charge is -2.31. The molecule has 0 heterocycles. The Morgan fingerprint density at radius 1 is 1.18 bits per heavy atom. The van der Waals surface area contributed by atoms with Crippen LogP contribution in [0.4, 0.5) is 4.79 Å². The minimum atomic E-state index is -1.27. The first-order valence-electron chi connectivity index (χ1n) is 11.8. The highest BCUT2D eigenvalue weighted by Gasteiger charge is 2.37. The second-order valence-corrected chi connectivity index (χ2v) is 9.63. The van der Waals surface area contributed by atoms with Crippen molar-refractivity contribution in [3.63, 3.8) is 0 Å². The molecule has 0 aliphatic rings. The fourth-order valence-electron chi connectivity index (χ4n) is 3.38. The number of rotatable bonds is 11. The predicted octanol–water partition coefficient (Wildman–Crippen LogP) is 4.10. The molecule has 0 saturated heterocycles. The van der Waals surface area contributed by atoms with E-state index in [1.54, 1.807) is 39.0 Å². The second kappa shape index (κ2) is 13.5. The number of unbranched alkanes of at least 4 members (excludes halogenated alkanes) is 2. The van der Waals surface area contributed by atoms with Crippen molar-refractivity contribution in [1.29, 1.82) is 0 Å². The number of carbonyl (C=O) groups excluding carboxylic acids is 3. The largest absolute Gasteiger partial charge is 0.508 e. The van der Waals surface area contributed by atoms with E-state index in [9.17, 15) is 19.5 Å². The Labute approximate surface area is 203 Å². The first-order valence-corrected chi connectivity index (χ1v) is 11.8. The van der Waals surface area contributed by atoms with Gasteiger partial charge in [0.05, 0.1) is 0 Å². The summed E-state index contributed by atoms with van der Waals surface area (Å²) in [5.41, 5.74) is -0.555. The Morgan fingerprint density at radius 3 is 2.35 bits per heavy atom. The molecule has 0 aliphatic carbocycles. The van der Waals surface area contributed by atoms with Crippen LogP contribution in [0.15, 0.2) is 24.3 Å². The summed E-state index contributed by atoms with van der Waals surface area (Å²) in [5, 5.41) is 15.9. The number of aromatic hydroxyl groups is 1. The van der Waals surface area contributed by atoms with Crippen molar-refractivity contribution in [3.05, 3.63) is 29.8 Å². The number of hydrogen-bond donors (Lipinski definition) is 3. The van der Waals surface area contributed by atoms with E-state index in [4.69, 9.17) is 11.2 Å². The van der Waals surface area contributed by atoms with Gasteiger partial charge in [-0.2, -0.15) is 0 Å². The molecule has 1 aromatic carbocycles. The van der Waals surface area contributed by atoms with Crippen molar-refractivity contribution in [2.45, 2.75) is 84.9 Å². The van der Waals surface area contributed by atoms with Gasteiger partial charge in [0.15, 0.2) is 6.04 Å². The van der Waals surface area contributed by atoms with Crippen molar-refractivity contribution < 1.29 is 24.2 Å². The number of phenolic OH excluding ortho intramolecular Hbond substituents is 1. The summed E-state index contributed by atoms with van der Waals surface area (Å²) >= 11 is 0. The summed E-state index contributed by atoms with van der Waals surface area (Å²) in [4.78, 5) is 40.1. The summed E-state index contributed by atoms with van der Waals surface area (Å²) in [5.74, 6) is -1.27. The molecular weight excluding hydrogens is 434 g/mol. The number of terminal acetylenes is 1. The Bertz CT molecular complexity index is 870. The maximum Gasteiger partial charge on any atom is 0.408 e. The molecule has 0 saturated carbocycles. The number of nitrogens with zero attached hydrogens (tertiary/aromatic N) is 1. The number of alkyl carbamates (subject to hydrolysis) is 1. The van der Waals surface area contributed by atoms with E-state index in [1.807, 2.05) is 13.8 Å². The lowest BCUT2D eigenvalue weighted by molar-refractivity contribution is -0.138. The molecule has 2 atom stereocenters. The molecule has 2 unspecified atom stereocenters. The highest BCUT2D eigenvalue weighted by Crippen LogP contribution is 2.29. The Morgan fingerprint density at radius 2 is 1.82 bits per heavy atom. The van der Waals surface area contributed by atoms with E-state index in [2.05, 4.69) is 23.6 Å². The molecule has 1 rings (SSSR count). The summed E-state index contributed by atoms with van der Waals surface area (Å²) in [6.07, 6.45) is 7.95. The average Bonchev–Trinajstić information content (AvgIpc) is 2.73. The molecular formula is C26H39N3O5. The summed E-state index contributed by atoms with van der Waals surface area (Å²) in [7, 11) is 0. The van der Waals surface area contributed by atoms with E-state index in [-0.39, 0.29) is 23.7 Å². The van der Waals surface area contributed by atoms with Crippen molar-refractivity contribution in [2.24, 2.45) is 5.92 Å². The topological polar surface area (TPSA) is 108 Å². The van der Waals surface area contributed by atoms with E-state index >= 15 is 0 Å². The molecule has 3 N–H and O–H groups in total. The van der Waals surface area contributed by atoms with Gasteiger partial charge in [-0.1, -0.05) is 58.2 Å². The zero-order valence-electron chi connectivity index (χ0n) is 21.2. The fourth-order valence-corrected chi connectivity index (χ4v) is 3.38. The molecule has 8 heteroatoms. The Kier molecular flexibility index (Phi) is 11.4. The molecule has 0 aliphatic heterocycles. The van der Waals surface area contributed by atoms with Crippen LogP contribution in [0.2, 0.25) is 0 Å². The minimum Gasteiger partial charge on any atom is -0.508 e. The number of hydrogen-bond acceptors (Lipinski definition) is 5. The van der Waals surface area contributed by atoms with Gasteiger partial charge in [-0.25, -0.2) is 4.79 Å². The van der Waals surface area contributed by atoms with E-state index in [1.165, 1.54) is 6.07 Å². The first-order chi connectivity index (χ1) is 15.9. The molecule has 0 fully saturated rings. The number of carbonyl (C=O) groups is 3. The van der Waals surface area contributed by atoms with Crippen LogP contribution in [0.25, 0.3) is 0 Å². The lowest BCUT2D eigenvalue weighted by atomic mass is 9.99. The quantitative estimate of drug-likeness (QED) is 0.255. The normalized spacial score (nSPS) is 12.9. The zero-order valence-corrected chi connectivity index (χ0v) is 21.2. The number of ether oxygens (including phenoxy) is 1. The molecule has 0 bridgehead atoms. The van der Waals surface area contributed by atoms with Crippen LogP contribution in [0, 0.1) is 18.4 Å². The van der Waals surface area contributed by atoms with Gasteiger partial charge in [0.1, 0.15) is 17.4 Å². The smallest absolute Gasteiger partial charge is 0.408 e. The molecule has 0 aromatic heterocycles. The van der Waals surface area contributed by atoms with Crippen LogP contribution < -0.4 is 10.6 Å². The van der Waals surface area contributed by atoms with Crippen LogP contribution >= 0.6 is 0 Å². The molecule has 1 aromatic rings. The molecule has 0 radical (unpaired) electrons. The van der Waals surface area contributed by atoms with Gasteiger partial charge in [-0.3, -0.25) is 14.5 Å². The zero-order chi connectivity index (χ0) is 25.9. The van der Waals surface area contributed by atoms with E-state index < -0.39 is 35.6 Å². The van der Waals surface area contributed by atoms with Gasteiger partial charge < -0.3 is 20.5 Å². The van der Waals surface area contributed by atoms with Gasteiger partial charge in [-0.05, 0) is 45.6 Å². The van der Waals surface area contributed by atoms with Crippen LogP contribution in [0.5, 0.6) is 5.75 Å². The third-order valence-electron chi connectivity index (χ3n) is 4.89. The third kappa shape index (κ3) is 9.34. The van der Waals surface area contributed by atoms with Crippen LogP contribution in [-0.4, -0.2) is 46.1 Å². The van der Waals surface area contributed by atoms with Gasteiger partial charge >= 0.3 is 6.09 Å². The Hall–Kier alpha value is -3.21. The fraction of sp³-hybridized carbons (Fsp3) is 0.577. The third-order valence-corrected chi connectivity index (χ3v) is 4.89. The van der Waals surface area contributed by atoms with Crippen molar-refractivity contribution in [3.8, 4) is 18.2 Å². The predicted molar refractivity (Wildman–Crippen MR) is 132 cm³/mol. The highest BCUT2D eigenvalue weighted by atomic mass is 16.6. The summed E-state index contributed by atoms with van der Waals surface area (Å²) < 4.78 is 5.31. The van der Waals surface area contributed by atoms with Gasteiger partial charge in [-0.15, -0.1) is 0 Å². The van der Waals surface area contributed by atoms with Crippen molar-refractivity contribution in [2.75, 3.05) is 6.54 Å². The summed E-state index contributed by atoms with van der Waals surface area (Å²) in [6.45, 7) is 11.4. The van der Waals surface area contributed by atoms with E-state index in [0.29, 0.717) is 6.54 Å². The maximum absolute atomic E-state index is 13.6. The highest BCUT2D eigenvalue weighted by molar-refractivity contribution is 5.93. The molecule has 34 heavy (non-hydrogen) atoms. The molecule has 3 amide bonds. The average molecular weight is 474 g/mol. The Balaban J connectivity index is 3.30. The molecule has 0 spiro atoms. The lowest BCUT2D eigenvalue weighted by Crippen LogP contribution is -2.52. The van der Waals surface area contributed by atoms with Crippen LogP contribution in [0.1, 0.15) is 78.8 Å². The van der Waals surface area contributed by atoms with Gasteiger partial charge in [0.25, 0.3) is 5.91 Å². The van der Waals surface area contributed by atoms with Crippen LogP contribution in [0.3, 0.4) is 0 Å². The monoisotopic (exact) mass is 473 g/mol. The minimum absolute atomic E-state index is 0.0370. The second-order valence-electron chi connectivity index (χ2n) is 9.63. The SMILES string of the molecule is C#CN(C(=O)C(CC(C)C)NC(=O)OC(C)(C)C)C(C(=O)NCCCCC)c1ccccc1O. The van der Waals surface area contributed by atoms with Gasteiger partial charge in [0, 0.05) is 18.2 Å². The summed E-state index contributed by atoms with van der Waals surface area (Å²) in [6, 6.07) is 6.25. The number of benzene rings is 1. The number of phenols is 1.